The summed E-state index contributed by atoms with van der Waals surface area (Å²) in [6, 6.07) is 3.80. The Bertz CT molecular complexity index is 468. The number of benzene rings is 1. The third-order valence-corrected chi connectivity index (χ3v) is 3.30. The predicted octanol–water partition coefficient (Wildman–Crippen LogP) is 0.633. The quantitative estimate of drug-likeness (QED) is 0.696. The number of hydrogen-bond acceptors (Lipinski definition) is 5. The normalized spacial score (nSPS) is 22.4. The smallest absolute Gasteiger partial charge is 0.255 e. The van der Waals surface area contributed by atoms with Crippen LogP contribution in [-0.2, 0) is 9.47 Å². The zero-order chi connectivity index (χ0) is 13.9. The first kappa shape index (κ1) is 13.6. The summed E-state index contributed by atoms with van der Waals surface area (Å²) in [5, 5.41) is 21.6. The fourth-order valence-electron chi connectivity index (χ4n) is 2.00. The number of aromatic hydroxyl groups is 2. The summed E-state index contributed by atoms with van der Waals surface area (Å²) in [7, 11) is 1.58. The van der Waals surface area contributed by atoms with Crippen molar-refractivity contribution >= 4 is 5.91 Å². The average Bonchev–Trinajstić information content (AvgIpc) is 2.88. The lowest BCUT2D eigenvalue weighted by Crippen LogP contribution is -2.45. The van der Waals surface area contributed by atoms with Gasteiger partial charge in [0.05, 0.1) is 12.2 Å². The number of hydrogen-bond donors (Lipinski definition) is 3. The first-order chi connectivity index (χ1) is 9.06. The summed E-state index contributed by atoms with van der Waals surface area (Å²) in [6.45, 7) is 1.31. The van der Waals surface area contributed by atoms with Gasteiger partial charge in [-0.15, -0.1) is 0 Å². The maximum atomic E-state index is 12.0. The van der Waals surface area contributed by atoms with Gasteiger partial charge >= 0.3 is 0 Å². The average molecular weight is 267 g/mol. The molecule has 0 bridgehead atoms. The van der Waals surface area contributed by atoms with E-state index in [1.165, 1.54) is 18.2 Å². The Morgan fingerprint density at radius 2 is 2.32 bits per heavy atom. The van der Waals surface area contributed by atoms with Gasteiger partial charge in [0.2, 0.25) is 0 Å². The van der Waals surface area contributed by atoms with Crippen molar-refractivity contribution in [2.45, 2.75) is 12.0 Å². The second-order valence-electron chi connectivity index (χ2n) is 4.57. The molecule has 1 heterocycles. The van der Waals surface area contributed by atoms with Crippen LogP contribution < -0.4 is 5.32 Å². The first-order valence-corrected chi connectivity index (χ1v) is 5.99. The van der Waals surface area contributed by atoms with Gasteiger partial charge in [-0.1, -0.05) is 0 Å². The van der Waals surface area contributed by atoms with Crippen LogP contribution in [0.1, 0.15) is 16.8 Å². The third kappa shape index (κ3) is 2.97. The van der Waals surface area contributed by atoms with E-state index in [2.05, 4.69) is 5.32 Å². The van der Waals surface area contributed by atoms with Gasteiger partial charge in [0.25, 0.3) is 5.91 Å². The molecule has 1 aliphatic heterocycles. The van der Waals surface area contributed by atoms with E-state index in [0.29, 0.717) is 19.6 Å². The molecule has 1 atom stereocenters. The van der Waals surface area contributed by atoms with Crippen molar-refractivity contribution in [3.63, 3.8) is 0 Å². The summed E-state index contributed by atoms with van der Waals surface area (Å²) < 4.78 is 10.7. The van der Waals surface area contributed by atoms with Crippen molar-refractivity contribution in [1.29, 1.82) is 0 Å². The van der Waals surface area contributed by atoms with Crippen molar-refractivity contribution < 1.29 is 24.5 Å². The molecule has 6 heteroatoms. The van der Waals surface area contributed by atoms with Crippen LogP contribution >= 0.6 is 0 Å². The molecule has 0 aliphatic carbocycles. The number of carbonyl (C=O) groups excluding carboxylic acids is 1. The minimum absolute atomic E-state index is 0.0326. The minimum Gasteiger partial charge on any atom is -0.508 e. The molecule has 1 amide bonds. The highest BCUT2D eigenvalue weighted by molar-refractivity contribution is 5.97. The molecule has 104 valence electrons. The van der Waals surface area contributed by atoms with Crippen LogP contribution in [0.3, 0.4) is 0 Å². The number of nitrogens with one attached hydrogen (secondary N) is 1. The molecular weight excluding hydrogens is 250 g/mol. The van der Waals surface area contributed by atoms with Crippen molar-refractivity contribution in [1.82, 2.24) is 5.32 Å². The molecule has 3 N–H and O–H groups in total. The SMILES string of the molecule is COC1(CNC(=O)c2cc(O)ccc2O)CCOC1. The second kappa shape index (κ2) is 5.46. The lowest BCUT2D eigenvalue weighted by molar-refractivity contribution is -0.0148. The van der Waals surface area contributed by atoms with Crippen molar-refractivity contribution in [3.8, 4) is 11.5 Å². The van der Waals surface area contributed by atoms with Crippen LogP contribution in [0.15, 0.2) is 18.2 Å². The summed E-state index contributed by atoms with van der Waals surface area (Å²) >= 11 is 0. The van der Waals surface area contributed by atoms with Crippen LogP contribution in [0.4, 0.5) is 0 Å². The lowest BCUT2D eigenvalue weighted by atomic mass is 10.0. The largest absolute Gasteiger partial charge is 0.508 e. The van der Waals surface area contributed by atoms with E-state index in [1.54, 1.807) is 7.11 Å². The van der Waals surface area contributed by atoms with Crippen molar-refractivity contribution in [3.05, 3.63) is 23.8 Å². The number of ether oxygens (including phenoxy) is 2. The second-order valence-corrected chi connectivity index (χ2v) is 4.57. The van der Waals surface area contributed by atoms with E-state index >= 15 is 0 Å². The van der Waals surface area contributed by atoms with Crippen LogP contribution in [-0.4, -0.2) is 48.6 Å². The number of rotatable bonds is 4. The molecule has 1 aromatic carbocycles. The van der Waals surface area contributed by atoms with E-state index < -0.39 is 11.5 Å². The van der Waals surface area contributed by atoms with Gasteiger partial charge in [0.15, 0.2) is 0 Å². The maximum absolute atomic E-state index is 12.0. The number of phenols is 2. The molecule has 1 saturated heterocycles. The fourth-order valence-corrected chi connectivity index (χ4v) is 2.00. The van der Waals surface area contributed by atoms with Crippen molar-refractivity contribution in [2.75, 3.05) is 26.9 Å². The van der Waals surface area contributed by atoms with Gasteiger partial charge in [0.1, 0.15) is 17.1 Å². The number of amides is 1. The molecule has 1 fully saturated rings. The Morgan fingerprint density at radius 3 is 2.95 bits per heavy atom. The van der Waals surface area contributed by atoms with Gasteiger partial charge < -0.3 is 25.0 Å². The molecule has 1 unspecified atom stereocenters. The molecule has 0 spiro atoms. The number of methoxy groups -OCH3 is 1. The van der Waals surface area contributed by atoms with Gasteiger partial charge in [-0.2, -0.15) is 0 Å². The zero-order valence-electron chi connectivity index (χ0n) is 10.7. The topological polar surface area (TPSA) is 88.0 Å². The lowest BCUT2D eigenvalue weighted by Gasteiger charge is -2.25. The summed E-state index contributed by atoms with van der Waals surface area (Å²) in [4.78, 5) is 12.0. The number of carbonyl (C=O) groups is 1. The molecule has 1 aliphatic rings. The van der Waals surface area contributed by atoms with Crippen LogP contribution in [0.25, 0.3) is 0 Å². The van der Waals surface area contributed by atoms with E-state index in [-0.39, 0.29) is 23.6 Å². The van der Waals surface area contributed by atoms with Gasteiger partial charge in [-0.25, -0.2) is 0 Å². The Morgan fingerprint density at radius 1 is 1.53 bits per heavy atom. The first-order valence-electron chi connectivity index (χ1n) is 5.99. The molecule has 19 heavy (non-hydrogen) atoms. The van der Waals surface area contributed by atoms with E-state index in [4.69, 9.17) is 9.47 Å². The van der Waals surface area contributed by atoms with Gasteiger partial charge in [-0.3, -0.25) is 4.79 Å². The van der Waals surface area contributed by atoms with E-state index in [0.717, 1.165) is 0 Å². The molecule has 6 nitrogen and oxygen atoms in total. The molecular formula is C13H17NO5. The van der Waals surface area contributed by atoms with Crippen molar-refractivity contribution in [2.24, 2.45) is 0 Å². The Kier molecular flexibility index (Phi) is 3.92. The summed E-state index contributed by atoms with van der Waals surface area (Å²) in [6.07, 6.45) is 0.704. The molecule has 0 aromatic heterocycles. The Hall–Kier alpha value is -1.79. The number of phenolic OH excluding ortho intramolecular Hbond substituents is 2. The summed E-state index contributed by atoms with van der Waals surface area (Å²) in [5.41, 5.74) is -0.479. The standard InChI is InChI=1S/C13H17NO5/c1-18-13(4-5-19-8-13)7-14-12(17)10-6-9(15)2-3-11(10)16/h2-3,6,15-16H,4-5,7-8H2,1H3,(H,14,17). The molecule has 0 radical (unpaired) electrons. The van der Waals surface area contributed by atoms with Crippen LogP contribution in [0, 0.1) is 0 Å². The van der Waals surface area contributed by atoms with Gasteiger partial charge in [-0.05, 0) is 18.2 Å². The maximum Gasteiger partial charge on any atom is 0.255 e. The van der Waals surface area contributed by atoms with E-state index in [9.17, 15) is 15.0 Å². The molecule has 0 saturated carbocycles. The fraction of sp³-hybridized carbons (Fsp3) is 0.462. The highest BCUT2D eigenvalue weighted by Crippen LogP contribution is 2.24. The zero-order valence-corrected chi connectivity index (χ0v) is 10.7. The molecule has 1 aromatic rings. The molecule has 2 rings (SSSR count). The monoisotopic (exact) mass is 267 g/mol. The predicted molar refractivity (Wildman–Crippen MR) is 67.3 cm³/mol. The van der Waals surface area contributed by atoms with Gasteiger partial charge in [0, 0.05) is 26.7 Å². The third-order valence-electron chi connectivity index (χ3n) is 3.30. The highest BCUT2D eigenvalue weighted by atomic mass is 16.5. The Labute approximate surface area is 111 Å². The minimum atomic E-state index is -0.512. The summed E-state index contributed by atoms with van der Waals surface area (Å²) in [5.74, 6) is -0.713. The van der Waals surface area contributed by atoms with Crippen LogP contribution in [0.5, 0.6) is 11.5 Å². The van der Waals surface area contributed by atoms with E-state index in [1.807, 2.05) is 0 Å². The Balaban J connectivity index is 2.03. The van der Waals surface area contributed by atoms with Crippen LogP contribution in [0.2, 0.25) is 0 Å². The highest BCUT2D eigenvalue weighted by Gasteiger charge is 2.35.